The molecule has 1 rings (SSSR count). The Morgan fingerprint density at radius 2 is 1.29 bits per heavy atom. The van der Waals surface area contributed by atoms with Crippen molar-refractivity contribution in [3.63, 3.8) is 0 Å². The smallest absolute Gasteiger partial charge is 0.306 e. The van der Waals surface area contributed by atoms with E-state index in [1.807, 2.05) is 19.4 Å². The van der Waals surface area contributed by atoms with E-state index < -0.39 is 11.4 Å². The molecule has 0 heterocycles. The van der Waals surface area contributed by atoms with E-state index in [4.69, 9.17) is 14.2 Å². The lowest BCUT2D eigenvalue weighted by Gasteiger charge is -2.31. The maximum atomic E-state index is 12.3. The van der Waals surface area contributed by atoms with Crippen molar-refractivity contribution in [2.45, 2.75) is 37.5 Å². The molecule has 1 aromatic rings. The van der Waals surface area contributed by atoms with Crippen molar-refractivity contribution in [1.29, 1.82) is 0 Å². The zero-order valence-electron chi connectivity index (χ0n) is 19.9. The first kappa shape index (κ1) is 30.3. The molecule has 0 bridgehead atoms. The average molecular weight is 535 g/mol. The average Bonchev–Trinajstić information content (AvgIpc) is 2.83. The Balaban J connectivity index is 2.66. The summed E-state index contributed by atoms with van der Waals surface area (Å²) < 4.78 is 16.3. The van der Waals surface area contributed by atoms with Crippen LogP contribution in [0.15, 0.2) is 23.1 Å². The first-order valence-electron chi connectivity index (χ1n) is 10.9. The molecule has 0 atom stereocenters. The highest BCUT2D eigenvalue weighted by Crippen LogP contribution is 2.35. The summed E-state index contributed by atoms with van der Waals surface area (Å²) in [6, 6.07) is 4.62. The number of aromatic hydroxyl groups is 2. The van der Waals surface area contributed by atoms with E-state index in [1.165, 1.54) is 41.4 Å². The molecule has 0 unspecified atom stereocenters. The van der Waals surface area contributed by atoms with Gasteiger partial charge in [0, 0.05) is 17.3 Å². The predicted molar refractivity (Wildman–Crippen MR) is 137 cm³/mol. The second kappa shape index (κ2) is 16.8. The summed E-state index contributed by atoms with van der Waals surface area (Å²) >= 11 is 4.30. The molecule has 0 aliphatic carbocycles. The van der Waals surface area contributed by atoms with E-state index in [9.17, 15) is 24.6 Å². The third-order valence-electron chi connectivity index (χ3n) is 4.93. The Morgan fingerprint density at radius 3 is 1.74 bits per heavy atom. The van der Waals surface area contributed by atoms with Gasteiger partial charge in [-0.25, -0.2) is 0 Å². The lowest BCUT2D eigenvalue weighted by Crippen LogP contribution is -2.39. The van der Waals surface area contributed by atoms with E-state index >= 15 is 0 Å². The molecule has 0 amide bonds. The lowest BCUT2D eigenvalue weighted by molar-refractivity contribution is -0.161. The van der Waals surface area contributed by atoms with Crippen LogP contribution in [0.4, 0.5) is 0 Å². The summed E-state index contributed by atoms with van der Waals surface area (Å²) in [4.78, 5) is 36.8. The van der Waals surface area contributed by atoms with Crippen LogP contribution in [0.2, 0.25) is 0 Å². The fourth-order valence-electron chi connectivity index (χ4n) is 2.59. The Labute approximate surface area is 213 Å². The zero-order valence-corrected chi connectivity index (χ0v) is 22.3. The van der Waals surface area contributed by atoms with E-state index in [1.54, 1.807) is 12.1 Å². The minimum atomic E-state index is -0.837. The van der Waals surface area contributed by atoms with Crippen LogP contribution in [0.5, 0.6) is 11.5 Å². The first-order chi connectivity index (χ1) is 16.3. The number of esters is 3. The van der Waals surface area contributed by atoms with Crippen molar-refractivity contribution in [3.05, 3.63) is 18.2 Å². The summed E-state index contributed by atoms with van der Waals surface area (Å²) in [7, 11) is 0. The van der Waals surface area contributed by atoms with Gasteiger partial charge >= 0.3 is 17.9 Å². The summed E-state index contributed by atoms with van der Waals surface area (Å²) in [6.07, 6.45) is 4.88. The van der Waals surface area contributed by atoms with Gasteiger partial charge in [-0.1, -0.05) is 13.0 Å². The molecular weight excluding hydrogens is 500 g/mol. The number of para-hydroxylation sites is 1. The topological polar surface area (TPSA) is 119 Å². The largest absolute Gasteiger partial charge is 0.504 e. The number of benzene rings is 1. The molecule has 0 aliphatic rings. The van der Waals surface area contributed by atoms with Crippen molar-refractivity contribution < 1.29 is 38.8 Å². The second-order valence-electron chi connectivity index (χ2n) is 7.54. The van der Waals surface area contributed by atoms with E-state index in [-0.39, 0.29) is 62.5 Å². The molecule has 0 spiro atoms. The van der Waals surface area contributed by atoms with Crippen molar-refractivity contribution >= 4 is 53.2 Å². The van der Waals surface area contributed by atoms with Crippen molar-refractivity contribution in [3.8, 4) is 11.5 Å². The van der Waals surface area contributed by atoms with E-state index in [2.05, 4.69) is 0 Å². The quantitative estimate of drug-likeness (QED) is 0.130. The molecule has 0 saturated carbocycles. The minimum Gasteiger partial charge on any atom is -0.504 e. The zero-order chi connectivity index (χ0) is 25.4. The van der Waals surface area contributed by atoms with Gasteiger partial charge in [-0.15, -0.1) is 11.8 Å². The third-order valence-corrected chi connectivity index (χ3v) is 7.20. The molecule has 0 saturated heterocycles. The van der Waals surface area contributed by atoms with Gasteiger partial charge in [-0.05, 0) is 31.1 Å². The summed E-state index contributed by atoms with van der Waals surface area (Å²) in [5.74, 6) is 0.00214. The molecule has 0 radical (unpaired) electrons. The van der Waals surface area contributed by atoms with Crippen LogP contribution >= 0.6 is 35.3 Å². The van der Waals surface area contributed by atoms with Gasteiger partial charge in [0.15, 0.2) is 11.5 Å². The SMILES string of the molecule is CCC(COC(=O)CCSC)(COC(=O)CCSC)COC(=O)CCSc1cccc(O)c1O. The van der Waals surface area contributed by atoms with E-state index in [0.717, 1.165) is 0 Å². The van der Waals surface area contributed by atoms with Crippen molar-refractivity contribution in [1.82, 2.24) is 0 Å². The fourth-order valence-corrected chi connectivity index (χ4v) is 4.24. The molecule has 34 heavy (non-hydrogen) atoms. The highest BCUT2D eigenvalue weighted by atomic mass is 32.2. The Morgan fingerprint density at radius 1 is 0.824 bits per heavy atom. The number of hydrogen-bond acceptors (Lipinski definition) is 11. The van der Waals surface area contributed by atoms with Crippen LogP contribution in [0, 0.1) is 5.41 Å². The molecule has 8 nitrogen and oxygen atoms in total. The van der Waals surface area contributed by atoms with Crippen LogP contribution in [-0.2, 0) is 28.6 Å². The monoisotopic (exact) mass is 534 g/mol. The van der Waals surface area contributed by atoms with Gasteiger partial charge in [0.05, 0.1) is 29.6 Å². The van der Waals surface area contributed by atoms with Gasteiger partial charge in [-0.3, -0.25) is 14.4 Å². The normalized spacial score (nSPS) is 11.1. The van der Waals surface area contributed by atoms with Crippen molar-refractivity contribution in [2.75, 3.05) is 49.6 Å². The maximum absolute atomic E-state index is 12.3. The van der Waals surface area contributed by atoms with E-state index in [0.29, 0.717) is 28.6 Å². The van der Waals surface area contributed by atoms with Crippen molar-refractivity contribution in [2.24, 2.45) is 5.41 Å². The standard InChI is InChI=1S/C23H34O8S3/c1-4-23(14-29-19(25)8-11-32-2,15-30-20(26)9-12-33-3)16-31-21(27)10-13-34-18-7-5-6-17(24)22(18)28/h5-7,24,28H,4,8-16H2,1-3H3. The lowest BCUT2D eigenvalue weighted by atomic mass is 9.88. The Kier molecular flexibility index (Phi) is 15.0. The number of ether oxygens (including phenoxy) is 3. The second-order valence-corrected chi connectivity index (χ2v) is 10.7. The van der Waals surface area contributed by atoms with Crippen LogP contribution < -0.4 is 0 Å². The predicted octanol–water partition coefficient (Wildman–Crippen LogP) is 4.11. The first-order valence-corrected chi connectivity index (χ1v) is 14.6. The summed E-state index contributed by atoms with van der Waals surface area (Å²) in [6.45, 7) is 1.76. The number of rotatable bonds is 17. The molecule has 1 aromatic carbocycles. The minimum absolute atomic E-state index is 0.0221. The molecule has 0 aliphatic heterocycles. The van der Waals surface area contributed by atoms with Gasteiger partial charge in [0.1, 0.15) is 19.8 Å². The molecule has 0 fully saturated rings. The number of phenols is 2. The van der Waals surface area contributed by atoms with Crippen LogP contribution in [-0.4, -0.2) is 77.7 Å². The number of phenolic OH excluding ortho intramolecular Hbond substituents is 2. The van der Waals surface area contributed by atoms with Crippen LogP contribution in [0.25, 0.3) is 0 Å². The maximum Gasteiger partial charge on any atom is 0.306 e. The van der Waals surface area contributed by atoms with Gasteiger partial charge in [0.2, 0.25) is 0 Å². The Hall–Kier alpha value is -1.72. The molecule has 0 aromatic heterocycles. The van der Waals surface area contributed by atoms with Gasteiger partial charge < -0.3 is 24.4 Å². The fraction of sp³-hybridized carbons (Fsp3) is 0.609. The van der Waals surface area contributed by atoms with Gasteiger partial charge in [-0.2, -0.15) is 23.5 Å². The summed E-state index contributed by atoms with van der Waals surface area (Å²) in [5.41, 5.74) is -0.837. The highest BCUT2D eigenvalue weighted by molar-refractivity contribution is 7.99. The van der Waals surface area contributed by atoms with Crippen LogP contribution in [0.1, 0.15) is 32.6 Å². The van der Waals surface area contributed by atoms with Crippen LogP contribution in [0.3, 0.4) is 0 Å². The highest BCUT2D eigenvalue weighted by Gasteiger charge is 2.34. The molecular formula is C23H34O8S3. The number of carbonyl (C=O) groups is 3. The number of carbonyl (C=O) groups excluding carboxylic acids is 3. The number of hydrogen-bond donors (Lipinski definition) is 2. The summed E-state index contributed by atoms with van der Waals surface area (Å²) in [5, 5.41) is 19.4. The molecule has 11 heteroatoms. The molecule has 2 N–H and O–H groups in total. The van der Waals surface area contributed by atoms with Gasteiger partial charge in [0.25, 0.3) is 0 Å². The molecule has 192 valence electrons. The number of thioether (sulfide) groups is 3. The third kappa shape index (κ3) is 11.6. The Bertz CT molecular complexity index is 763.